The molecule has 0 atom stereocenters. The van der Waals surface area contributed by atoms with E-state index in [-0.39, 0.29) is 5.91 Å². The number of hydrogen-bond acceptors (Lipinski definition) is 2. The van der Waals surface area contributed by atoms with Crippen LogP contribution in [0.1, 0.15) is 27.4 Å². The number of nitrogens with one attached hydrogen (secondary N) is 1. The normalized spacial score (nSPS) is 10.6. The van der Waals surface area contributed by atoms with Crippen LogP contribution in [-0.2, 0) is 6.54 Å². The highest BCUT2D eigenvalue weighted by Gasteiger charge is 2.16. The molecule has 0 aliphatic heterocycles. The third-order valence-electron chi connectivity index (χ3n) is 3.92. The molecule has 0 saturated heterocycles. The lowest BCUT2D eigenvalue weighted by atomic mass is 10.2. The van der Waals surface area contributed by atoms with Gasteiger partial charge in [-0.1, -0.05) is 22.0 Å². The first-order valence-corrected chi connectivity index (χ1v) is 8.48. The largest absolute Gasteiger partial charge is 0.346 e. The summed E-state index contributed by atoms with van der Waals surface area (Å²) in [5, 5.41) is 2.93. The van der Waals surface area contributed by atoms with Crippen LogP contribution in [0.4, 0.5) is 0 Å². The molecule has 5 heteroatoms. The van der Waals surface area contributed by atoms with E-state index in [2.05, 4.69) is 30.8 Å². The fourth-order valence-corrected chi connectivity index (χ4v) is 3.01. The van der Waals surface area contributed by atoms with Crippen LogP contribution in [0, 0.1) is 13.8 Å². The van der Waals surface area contributed by atoms with E-state index in [4.69, 9.17) is 0 Å². The zero-order valence-corrected chi connectivity index (χ0v) is 15.2. The van der Waals surface area contributed by atoms with Gasteiger partial charge in [-0.05, 0) is 56.3 Å². The molecule has 24 heavy (non-hydrogen) atoms. The Balaban J connectivity index is 1.83. The van der Waals surface area contributed by atoms with Crippen LogP contribution < -0.4 is 5.32 Å². The standard InChI is InChI=1S/C19H18BrN3O/c1-13-11-18(19(24)22-12-16-5-3-4-10-21-16)14(2)23(13)17-8-6-15(20)7-9-17/h3-11H,12H2,1-2H3,(H,22,24). The van der Waals surface area contributed by atoms with Crippen molar-refractivity contribution in [3.8, 4) is 5.69 Å². The van der Waals surface area contributed by atoms with Crippen molar-refractivity contribution in [2.75, 3.05) is 0 Å². The summed E-state index contributed by atoms with van der Waals surface area (Å²) < 4.78 is 3.12. The van der Waals surface area contributed by atoms with E-state index in [1.54, 1.807) is 6.20 Å². The molecule has 0 fully saturated rings. The van der Waals surface area contributed by atoms with Crippen molar-refractivity contribution < 1.29 is 4.79 Å². The number of benzene rings is 1. The zero-order valence-electron chi connectivity index (χ0n) is 13.6. The van der Waals surface area contributed by atoms with Crippen molar-refractivity contribution in [3.05, 3.63) is 81.8 Å². The molecule has 1 amide bonds. The summed E-state index contributed by atoms with van der Waals surface area (Å²) in [7, 11) is 0. The average molecular weight is 384 g/mol. The summed E-state index contributed by atoms with van der Waals surface area (Å²) in [4.78, 5) is 16.8. The Morgan fingerprint density at radius 1 is 1.17 bits per heavy atom. The van der Waals surface area contributed by atoms with E-state index >= 15 is 0 Å². The van der Waals surface area contributed by atoms with E-state index in [1.165, 1.54) is 0 Å². The van der Waals surface area contributed by atoms with Gasteiger partial charge in [0.05, 0.1) is 17.8 Å². The zero-order chi connectivity index (χ0) is 17.1. The summed E-state index contributed by atoms with van der Waals surface area (Å²) in [6, 6.07) is 15.6. The maximum atomic E-state index is 12.5. The van der Waals surface area contributed by atoms with Gasteiger partial charge in [0.2, 0.25) is 0 Å². The molecule has 3 aromatic rings. The Bertz CT molecular complexity index is 854. The lowest BCUT2D eigenvalue weighted by molar-refractivity contribution is 0.0950. The van der Waals surface area contributed by atoms with Gasteiger partial charge in [0.25, 0.3) is 5.91 Å². The Labute approximate surface area is 149 Å². The highest BCUT2D eigenvalue weighted by Crippen LogP contribution is 2.22. The van der Waals surface area contributed by atoms with Crippen molar-refractivity contribution >= 4 is 21.8 Å². The first-order chi connectivity index (χ1) is 11.6. The number of pyridine rings is 1. The predicted molar refractivity (Wildman–Crippen MR) is 98.4 cm³/mol. The molecule has 3 rings (SSSR count). The molecule has 2 heterocycles. The van der Waals surface area contributed by atoms with Gasteiger partial charge in [0.1, 0.15) is 0 Å². The Morgan fingerprint density at radius 3 is 2.58 bits per heavy atom. The summed E-state index contributed by atoms with van der Waals surface area (Å²) in [5.74, 6) is -0.0860. The molecule has 0 aliphatic carbocycles. The number of aromatic nitrogens is 2. The van der Waals surface area contributed by atoms with Crippen LogP contribution in [0.25, 0.3) is 5.69 Å². The van der Waals surface area contributed by atoms with Crippen LogP contribution in [-0.4, -0.2) is 15.5 Å². The average Bonchev–Trinajstić information content (AvgIpc) is 2.89. The van der Waals surface area contributed by atoms with Gasteiger partial charge in [-0.2, -0.15) is 0 Å². The molecular weight excluding hydrogens is 366 g/mol. The maximum Gasteiger partial charge on any atom is 0.253 e. The summed E-state index contributed by atoms with van der Waals surface area (Å²) >= 11 is 3.45. The van der Waals surface area contributed by atoms with Crippen molar-refractivity contribution in [1.82, 2.24) is 14.9 Å². The minimum atomic E-state index is -0.0860. The van der Waals surface area contributed by atoms with Gasteiger partial charge in [0.15, 0.2) is 0 Å². The molecule has 0 bridgehead atoms. The van der Waals surface area contributed by atoms with Crippen LogP contribution in [0.3, 0.4) is 0 Å². The van der Waals surface area contributed by atoms with Crippen LogP contribution in [0.2, 0.25) is 0 Å². The molecule has 0 spiro atoms. The Hall–Kier alpha value is -2.40. The Kier molecular flexibility index (Phi) is 4.81. The third-order valence-corrected chi connectivity index (χ3v) is 4.45. The number of aryl methyl sites for hydroxylation is 1. The van der Waals surface area contributed by atoms with Gasteiger partial charge in [0, 0.05) is 27.7 Å². The van der Waals surface area contributed by atoms with Gasteiger partial charge in [-0.3, -0.25) is 9.78 Å². The van der Waals surface area contributed by atoms with E-state index in [0.717, 1.165) is 27.2 Å². The molecule has 2 aromatic heterocycles. The second kappa shape index (κ2) is 7.01. The highest BCUT2D eigenvalue weighted by atomic mass is 79.9. The van der Waals surface area contributed by atoms with Crippen LogP contribution >= 0.6 is 15.9 Å². The topological polar surface area (TPSA) is 46.9 Å². The predicted octanol–water partition coefficient (Wildman–Crippen LogP) is 4.18. The number of amides is 1. The first-order valence-electron chi connectivity index (χ1n) is 7.69. The summed E-state index contributed by atoms with van der Waals surface area (Å²) in [5.41, 5.74) is 4.52. The van der Waals surface area contributed by atoms with E-state index in [0.29, 0.717) is 12.1 Å². The first kappa shape index (κ1) is 16.5. The molecular formula is C19H18BrN3O. The highest BCUT2D eigenvalue weighted by molar-refractivity contribution is 9.10. The molecule has 0 radical (unpaired) electrons. The van der Waals surface area contributed by atoms with Crippen molar-refractivity contribution in [3.63, 3.8) is 0 Å². The molecule has 1 aromatic carbocycles. The molecule has 0 aliphatic rings. The summed E-state index contributed by atoms with van der Waals surface area (Å²) in [6.45, 7) is 4.39. The fraction of sp³-hybridized carbons (Fsp3) is 0.158. The van der Waals surface area contributed by atoms with Crippen molar-refractivity contribution in [2.24, 2.45) is 0 Å². The maximum absolute atomic E-state index is 12.5. The van der Waals surface area contributed by atoms with Crippen LogP contribution in [0.5, 0.6) is 0 Å². The van der Waals surface area contributed by atoms with E-state index in [9.17, 15) is 4.79 Å². The lowest BCUT2D eigenvalue weighted by Crippen LogP contribution is -2.23. The van der Waals surface area contributed by atoms with Crippen molar-refractivity contribution in [2.45, 2.75) is 20.4 Å². The molecule has 0 unspecified atom stereocenters. The minimum Gasteiger partial charge on any atom is -0.346 e. The molecule has 122 valence electrons. The molecule has 0 saturated carbocycles. The van der Waals surface area contributed by atoms with Gasteiger partial charge in [-0.25, -0.2) is 0 Å². The third kappa shape index (κ3) is 3.41. The van der Waals surface area contributed by atoms with Gasteiger partial charge in [-0.15, -0.1) is 0 Å². The number of halogens is 1. The lowest BCUT2D eigenvalue weighted by Gasteiger charge is -2.10. The minimum absolute atomic E-state index is 0.0860. The number of carbonyl (C=O) groups is 1. The Morgan fingerprint density at radius 2 is 1.92 bits per heavy atom. The monoisotopic (exact) mass is 383 g/mol. The van der Waals surface area contributed by atoms with E-state index < -0.39 is 0 Å². The van der Waals surface area contributed by atoms with Gasteiger partial charge >= 0.3 is 0 Å². The van der Waals surface area contributed by atoms with E-state index in [1.807, 2.05) is 62.4 Å². The number of nitrogens with zero attached hydrogens (tertiary/aromatic N) is 2. The molecule has 1 N–H and O–H groups in total. The second-order valence-electron chi connectivity index (χ2n) is 5.60. The van der Waals surface area contributed by atoms with Gasteiger partial charge < -0.3 is 9.88 Å². The fourth-order valence-electron chi connectivity index (χ4n) is 2.75. The quantitative estimate of drug-likeness (QED) is 0.734. The SMILES string of the molecule is Cc1cc(C(=O)NCc2ccccn2)c(C)n1-c1ccc(Br)cc1. The number of hydrogen-bond donors (Lipinski definition) is 1. The second-order valence-corrected chi connectivity index (χ2v) is 6.52. The van der Waals surface area contributed by atoms with Crippen LogP contribution in [0.15, 0.2) is 59.2 Å². The van der Waals surface area contributed by atoms with Crippen molar-refractivity contribution in [1.29, 1.82) is 0 Å². The smallest absolute Gasteiger partial charge is 0.253 e. The summed E-state index contributed by atoms with van der Waals surface area (Å²) in [6.07, 6.45) is 1.72. The molecule has 4 nitrogen and oxygen atoms in total. The number of carbonyl (C=O) groups excluding carboxylic acids is 1. The number of rotatable bonds is 4.